The molecular formula is C17H21FN6. The van der Waals surface area contributed by atoms with Crippen LogP contribution in [0.4, 0.5) is 4.39 Å². The number of nitrogens with one attached hydrogen (secondary N) is 1. The van der Waals surface area contributed by atoms with E-state index in [9.17, 15) is 4.39 Å². The average molecular weight is 328 g/mol. The van der Waals surface area contributed by atoms with Gasteiger partial charge in [-0.3, -0.25) is 4.68 Å². The molecule has 0 fully saturated rings. The summed E-state index contributed by atoms with van der Waals surface area (Å²) in [7, 11) is 0. The molecule has 0 spiro atoms. The Bertz CT molecular complexity index is 795. The highest BCUT2D eigenvalue weighted by Gasteiger charge is 2.14. The predicted molar refractivity (Wildman–Crippen MR) is 89.3 cm³/mol. The van der Waals surface area contributed by atoms with Crippen LogP contribution in [-0.2, 0) is 6.54 Å². The summed E-state index contributed by atoms with van der Waals surface area (Å²) in [6, 6.07) is 5.54. The summed E-state index contributed by atoms with van der Waals surface area (Å²) < 4.78 is 17.6. The first kappa shape index (κ1) is 16.3. The molecular weight excluding hydrogens is 307 g/mol. The molecule has 0 saturated carbocycles. The van der Waals surface area contributed by atoms with Crippen LogP contribution in [0.5, 0.6) is 0 Å². The van der Waals surface area contributed by atoms with E-state index in [-0.39, 0.29) is 17.9 Å². The number of rotatable bonds is 6. The summed E-state index contributed by atoms with van der Waals surface area (Å²) in [5, 5.41) is 11.7. The molecule has 126 valence electrons. The standard InChI is InChI=1S/C17H21FN6/c1-12-7-21-23(9-12)14(3)13(2)20-8-15-4-5-17(16(18)6-15)24-11-19-10-22-24/h4-7,9-11,13-14,20H,8H2,1-3H3/t13-,14-/m0/s1. The lowest BCUT2D eigenvalue weighted by Crippen LogP contribution is -2.33. The van der Waals surface area contributed by atoms with Gasteiger partial charge >= 0.3 is 0 Å². The summed E-state index contributed by atoms with van der Waals surface area (Å²) in [6.07, 6.45) is 6.73. The van der Waals surface area contributed by atoms with Crippen LogP contribution >= 0.6 is 0 Å². The summed E-state index contributed by atoms with van der Waals surface area (Å²) in [5.74, 6) is -0.316. The second kappa shape index (κ2) is 6.92. The Morgan fingerprint density at radius 1 is 1.25 bits per heavy atom. The van der Waals surface area contributed by atoms with E-state index in [1.54, 1.807) is 6.07 Å². The van der Waals surface area contributed by atoms with Gasteiger partial charge in [-0.1, -0.05) is 6.07 Å². The normalized spacial score (nSPS) is 13.8. The largest absolute Gasteiger partial charge is 0.308 e. The van der Waals surface area contributed by atoms with Gasteiger partial charge in [0.1, 0.15) is 24.2 Å². The molecule has 6 nitrogen and oxygen atoms in total. The van der Waals surface area contributed by atoms with Crippen LogP contribution in [0, 0.1) is 12.7 Å². The van der Waals surface area contributed by atoms with Crippen molar-refractivity contribution in [2.24, 2.45) is 0 Å². The van der Waals surface area contributed by atoms with Crippen molar-refractivity contribution >= 4 is 0 Å². The van der Waals surface area contributed by atoms with Gasteiger partial charge in [-0.25, -0.2) is 14.1 Å². The van der Waals surface area contributed by atoms with Crippen molar-refractivity contribution in [3.63, 3.8) is 0 Å². The van der Waals surface area contributed by atoms with Crippen molar-refractivity contribution < 1.29 is 4.39 Å². The van der Waals surface area contributed by atoms with Gasteiger partial charge in [-0.15, -0.1) is 0 Å². The van der Waals surface area contributed by atoms with E-state index in [4.69, 9.17) is 0 Å². The molecule has 0 amide bonds. The maximum Gasteiger partial charge on any atom is 0.149 e. The van der Waals surface area contributed by atoms with E-state index in [1.165, 1.54) is 23.4 Å². The van der Waals surface area contributed by atoms with Gasteiger partial charge in [0, 0.05) is 18.8 Å². The summed E-state index contributed by atoms with van der Waals surface area (Å²) in [4.78, 5) is 3.84. The number of hydrogen-bond acceptors (Lipinski definition) is 4. The van der Waals surface area contributed by atoms with Crippen LogP contribution < -0.4 is 5.32 Å². The van der Waals surface area contributed by atoms with E-state index < -0.39 is 0 Å². The number of aromatic nitrogens is 5. The third-order valence-electron chi connectivity index (χ3n) is 4.18. The first-order valence-corrected chi connectivity index (χ1v) is 7.92. The van der Waals surface area contributed by atoms with E-state index >= 15 is 0 Å². The van der Waals surface area contributed by atoms with Crippen LogP contribution in [-0.4, -0.2) is 30.6 Å². The highest BCUT2D eigenvalue weighted by molar-refractivity contribution is 5.35. The molecule has 0 unspecified atom stereocenters. The fraction of sp³-hybridized carbons (Fsp3) is 0.353. The Labute approximate surface area is 140 Å². The number of hydrogen-bond donors (Lipinski definition) is 1. The Balaban J connectivity index is 1.63. The number of halogens is 1. The van der Waals surface area contributed by atoms with Crippen LogP contribution in [0.3, 0.4) is 0 Å². The number of nitrogens with zero attached hydrogens (tertiary/aromatic N) is 5. The van der Waals surface area contributed by atoms with E-state index in [0.717, 1.165) is 11.1 Å². The summed E-state index contributed by atoms with van der Waals surface area (Å²) >= 11 is 0. The van der Waals surface area contributed by atoms with Crippen LogP contribution in [0.2, 0.25) is 0 Å². The second-order valence-electron chi connectivity index (χ2n) is 6.03. The predicted octanol–water partition coefficient (Wildman–Crippen LogP) is 2.65. The molecule has 2 heterocycles. The highest BCUT2D eigenvalue weighted by Crippen LogP contribution is 2.15. The Morgan fingerprint density at radius 2 is 2.08 bits per heavy atom. The average Bonchev–Trinajstić information content (AvgIpc) is 3.23. The van der Waals surface area contributed by atoms with Crippen molar-refractivity contribution in [1.29, 1.82) is 0 Å². The van der Waals surface area contributed by atoms with E-state index in [0.29, 0.717) is 12.2 Å². The summed E-state index contributed by atoms with van der Waals surface area (Å²) in [6.45, 7) is 6.81. The van der Waals surface area contributed by atoms with E-state index in [1.807, 2.05) is 30.1 Å². The molecule has 2 aromatic heterocycles. The van der Waals surface area contributed by atoms with Crippen molar-refractivity contribution in [1.82, 2.24) is 29.9 Å². The third-order valence-corrected chi connectivity index (χ3v) is 4.18. The van der Waals surface area contributed by atoms with Gasteiger partial charge in [0.25, 0.3) is 0 Å². The van der Waals surface area contributed by atoms with Crippen LogP contribution in [0.25, 0.3) is 5.69 Å². The Hall–Kier alpha value is -2.54. The highest BCUT2D eigenvalue weighted by atomic mass is 19.1. The SMILES string of the molecule is Cc1cnn([C@@H](C)[C@H](C)NCc2ccc(-n3cncn3)c(F)c2)c1. The zero-order valence-electron chi connectivity index (χ0n) is 14.0. The molecule has 0 saturated heterocycles. The zero-order chi connectivity index (χ0) is 17.1. The molecule has 0 bridgehead atoms. The number of aryl methyl sites for hydroxylation is 1. The zero-order valence-corrected chi connectivity index (χ0v) is 14.0. The van der Waals surface area contributed by atoms with Gasteiger partial charge in [0.05, 0.1) is 12.2 Å². The van der Waals surface area contributed by atoms with Crippen molar-refractivity contribution in [2.75, 3.05) is 0 Å². The lowest BCUT2D eigenvalue weighted by atomic mass is 10.1. The molecule has 24 heavy (non-hydrogen) atoms. The van der Waals surface area contributed by atoms with Gasteiger partial charge in [-0.05, 0) is 44.0 Å². The van der Waals surface area contributed by atoms with Crippen LogP contribution in [0.1, 0.15) is 31.0 Å². The molecule has 0 aliphatic rings. The molecule has 0 aliphatic heterocycles. The fourth-order valence-corrected chi connectivity index (χ4v) is 2.51. The fourth-order valence-electron chi connectivity index (χ4n) is 2.51. The lowest BCUT2D eigenvalue weighted by molar-refractivity contribution is 0.364. The maximum atomic E-state index is 14.2. The minimum atomic E-state index is -0.316. The smallest absolute Gasteiger partial charge is 0.149 e. The molecule has 1 N–H and O–H groups in total. The van der Waals surface area contributed by atoms with Gasteiger partial charge in [0.2, 0.25) is 0 Å². The Morgan fingerprint density at radius 3 is 2.71 bits per heavy atom. The minimum Gasteiger partial charge on any atom is -0.308 e. The minimum absolute atomic E-state index is 0.197. The molecule has 7 heteroatoms. The quantitative estimate of drug-likeness (QED) is 0.756. The van der Waals surface area contributed by atoms with Crippen molar-refractivity contribution in [3.05, 3.63) is 60.2 Å². The van der Waals surface area contributed by atoms with Crippen molar-refractivity contribution in [2.45, 2.75) is 39.4 Å². The van der Waals surface area contributed by atoms with Crippen molar-refractivity contribution in [3.8, 4) is 5.69 Å². The topological polar surface area (TPSA) is 60.6 Å². The first-order valence-electron chi connectivity index (χ1n) is 7.92. The lowest BCUT2D eigenvalue weighted by Gasteiger charge is -2.22. The second-order valence-corrected chi connectivity index (χ2v) is 6.03. The van der Waals surface area contributed by atoms with Crippen LogP contribution in [0.15, 0.2) is 43.2 Å². The first-order chi connectivity index (χ1) is 11.5. The molecule has 3 aromatic rings. The van der Waals surface area contributed by atoms with E-state index in [2.05, 4.69) is 34.3 Å². The Kier molecular flexibility index (Phi) is 4.71. The van der Waals surface area contributed by atoms with Gasteiger partial charge in [0.15, 0.2) is 0 Å². The molecule has 2 atom stereocenters. The van der Waals surface area contributed by atoms with Gasteiger partial charge < -0.3 is 5.32 Å². The monoisotopic (exact) mass is 328 g/mol. The molecule has 0 radical (unpaired) electrons. The molecule has 1 aromatic carbocycles. The third kappa shape index (κ3) is 3.51. The van der Waals surface area contributed by atoms with Gasteiger partial charge in [-0.2, -0.15) is 10.2 Å². The molecule has 0 aliphatic carbocycles. The summed E-state index contributed by atoms with van der Waals surface area (Å²) in [5.41, 5.74) is 2.41. The molecule has 3 rings (SSSR count). The number of benzene rings is 1. The maximum absolute atomic E-state index is 14.2.